The molecular formula is C27H30N2O8S. The summed E-state index contributed by atoms with van der Waals surface area (Å²) < 4.78 is 48.3. The molecule has 1 N–H and O–H groups in total. The minimum Gasteiger partial charge on any atom is -0.457 e. The molecule has 3 heterocycles. The van der Waals surface area contributed by atoms with Crippen LogP contribution in [0, 0.1) is 12.3 Å². The second-order valence-electron chi connectivity index (χ2n) is 9.41. The highest BCUT2D eigenvalue weighted by Gasteiger charge is 2.53. The summed E-state index contributed by atoms with van der Waals surface area (Å²) in [5, 5.41) is 0. The molecule has 10 nitrogen and oxygen atoms in total. The number of amides is 1. The second-order valence-corrected chi connectivity index (χ2v) is 11.7. The third-order valence-corrected chi connectivity index (χ3v) is 9.56. The van der Waals surface area contributed by atoms with Gasteiger partial charge in [0.05, 0.1) is 11.4 Å². The Bertz CT molecular complexity index is 1290. The number of rotatable bonds is 8. The summed E-state index contributed by atoms with van der Waals surface area (Å²) in [6, 6.07) is 11.2. The number of terminal acetylenes is 1. The molecule has 11 heteroatoms. The van der Waals surface area contributed by atoms with E-state index in [1.54, 1.807) is 30.3 Å². The van der Waals surface area contributed by atoms with Gasteiger partial charge in [0, 0.05) is 32.2 Å². The number of nitrogens with one attached hydrogen (secondary N) is 1. The molecule has 0 radical (unpaired) electrons. The van der Waals surface area contributed by atoms with Gasteiger partial charge in [-0.15, -0.1) is 6.42 Å². The zero-order chi connectivity index (χ0) is 26.6. The van der Waals surface area contributed by atoms with Crippen LogP contribution >= 0.6 is 0 Å². The Balaban J connectivity index is 1.34. The Kier molecular flexibility index (Phi) is 7.76. The average molecular weight is 543 g/mol. The number of sulfone groups is 1. The van der Waals surface area contributed by atoms with Crippen LogP contribution in [0.3, 0.4) is 0 Å². The molecule has 3 aliphatic heterocycles. The topological polar surface area (TPSA) is 113 Å². The average Bonchev–Trinajstić information content (AvgIpc) is 3.41. The Morgan fingerprint density at radius 2 is 1.82 bits per heavy atom. The quantitative estimate of drug-likeness (QED) is 0.397. The summed E-state index contributed by atoms with van der Waals surface area (Å²) in [4.78, 5) is 20.9. The number of ether oxygens (including phenoxy) is 4. The van der Waals surface area contributed by atoms with Crippen molar-refractivity contribution in [2.24, 2.45) is 0 Å². The van der Waals surface area contributed by atoms with Crippen LogP contribution < -0.4 is 19.7 Å². The van der Waals surface area contributed by atoms with Crippen molar-refractivity contribution in [3.8, 4) is 35.3 Å². The molecule has 1 unspecified atom stereocenters. The summed E-state index contributed by atoms with van der Waals surface area (Å²) in [6.45, 7) is 1.80. The van der Waals surface area contributed by atoms with Crippen LogP contribution in [0.1, 0.15) is 32.1 Å². The zero-order valence-corrected chi connectivity index (χ0v) is 21.7. The first-order chi connectivity index (χ1) is 18.4. The van der Waals surface area contributed by atoms with E-state index in [4.69, 9.17) is 30.2 Å². The van der Waals surface area contributed by atoms with Gasteiger partial charge in [-0.25, -0.2) is 18.7 Å². The van der Waals surface area contributed by atoms with Crippen molar-refractivity contribution in [1.82, 2.24) is 10.4 Å². The smallest absolute Gasteiger partial charge is 0.265 e. The van der Waals surface area contributed by atoms with Crippen molar-refractivity contribution in [2.75, 3.05) is 33.0 Å². The molecule has 0 spiro atoms. The molecule has 5 rings (SSSR count). The molecule has 0 saturated carbocycles. The van der Waals surface area contributed by atoms with E-state index in [0.717, 1.165) is 12.8 Å². The summed E-state index contributed by atoms with van der Waals surface area (Å²) in [5.74, 6) is 4.04. The van der Waals surface area contributed by atoms with Crippen molar-refractivity contribution >= 4 is 15.7 Å². The zero-order valence-electron chi connectivity index (χ0n) is 20.9. The molecule has 2 aromatic carbocycles. The third-order valence-electron chi connectivity index (χ3n) is 7.04. The van der Waals surface area contributed by atoms with E-state index in [-0.39, 0.29) is 24.5 Å². The summed E-state index contributed by atoms with van der Waals surface area (Å²) in [5.41, 5.74) is 2.40. The molecule has 0 aliphatic carbocycles. The van der Waals surface area contributed by atoms with Gasteiger partial charge in [0.1, 0.15) is 11.5 Å². The first kappa shape index (κ1) is 26.3. The lowest BCUT2D eigenvalue weighted by Gasteiger charge is -2.39. The molecule has 2 fully saturated rings. The van der Waals surface area contributed by atoms with Gasteiger partial charge in [-0.3, -0.25) is 9.69 Å². The molecule has 1 amide bonds. The minimum atomic E-state index is -4.12. The maximum absolute atomic E-state index is 14.0. The first-order valence-electron chi connectivity index (χ1n) is 12.6. The summed E-state index contributed by atoms with van der Waals surface area (Å²) in [7, 11) is -4.12. The molecule has 2 saturated heterocycles. The molecular weight excluding hydrogens is 512 g/mol. The van der Waals surface area contributed by atoms with E-state index in [9.17, 15) is 13.2 Å². The van der Waals surface area contributed by atoms with Gasteiger partial charge in [0.25, 0.3) is 5.91 Å². The van der Waals surface area contributed by atoms with Crippen LogP contribution in [0.4, 0.5) is 0 Å². The monoisotopic (exact) mass is 542 g/mol. The van der Waals surface area contributed by atoms with E-state index in [1.807, 2.05) is 4.90 Å². The number of piperidine rings is 1. The van der Waals surface area contributed by atoms with Gasteiger partial charge < -0.3 is 18.9 Å². The largest absolute Gasteiger partial charge is 0.457 e. The predicted molar refractivity (Wildman–Crippen MR) is 136 cm³/mol. The number of fused-ring (bicyclic) bond motifs is 1. The lowest BCUT2D eigenvalue weighted by Crippen LogP contribution is -2.58. The van der Waals surface area contributed by atoms with Crippen molar-refractivity contribution in [2.45, 2.75) is 48.0 Å². The van der Waals surface area contributed by atoms with Crippen molar-refractivity contribution in [3.05, 3.63) is 42.5 Å². The predicted octanol–water partition coefficient (Wildman–Crippen LogP) is 3.02. The Labute approximate surface area is 222 Å². The normalized spacial score (nSPS) is 20.9. The molecule has 0 aromatic heterocycles. The van der Waals surface area contributed by atoms with E-state index >= 15 is 0 Å². The van der Waals surface area contributed by atoms with Crippen LogP contribution in [-0.4, -0.2) is 63.3 Å². The van der Waals surface area contributed by atoms with Gasteiger partial charge in [-0.2, -0.15) is 0 Å². The first-order valence-corrected chi connectivity index (χ1v) is 14.1. The van der Waals surface area contributed by atoms with Gasteiger partial charge in [-0.1, -0.05) is 5.92 Å². The van der Waals surface area contributed by atoms with Gasteiger partial charge in [0.15, 0.2) is 32.4 Å². The van der Waals surface area contributed by atoms with E-state index in [0.29, 0.717) is 55.7 Å². The molecule has 3 aliphatic rings. The van der Waals surface area contributed by atoms with Crippen molar-refractivity contribution in [3.63, 3.8) is 0 Å². The van der Waals surface area contributed by atoms with Crippen molar-refractivity contribution in [1.29, 1.82) is 0 Å². The van der Waals surface area contributed by atoms with Crippen LogP contribution in [0.15, 0.2) is 47.4 Å². The third kappa shape index (κ3) is 5.31. The molecule has 2 aromatic rings. The van der Waals surface area contributed by atoms with Crippen LogP contribution in [0.25, 0.3) is 0 Å². The van der Waals surface area contributed by atoms with Crippen LogP contribution in [0.5, 0.6) is 23.0 Å². The molecule has 1 atom stereocenters. The fourth-order valence-electron chi connectivity index (χ4n) is 4.82. The summed E-state index contributed by atoms with van der Waals surface area (Å²) in [6.07, 6.45) is 7.46. The second kappa shape index (κ2) is 11.2. The summed E-state index contributed by atoms with van der Waals surface area (Å²) >= 11 is 0. The fraction of sp³-hybridized carbons (Fsp3) is 0.444. The molecule has 0 bridgehead atoms. The number of hydroxylamine groups is 1. The highest BCUT2D eigenvalue weighted by molar-refractivity contribution is 7.93. The van der Waals surface area contributed by atoms with Gasteiger partial charge in [0.2, 0.25) is 6.79 Å². The standard InChI is InChI=1S/C27H30N2O8S/c1-2-14-29-15-12-27(13-16-29,26(30)28-37-25-5-3-4-17-33-25)38(31,32)22-9-6-20(7-10-22)36-21-8-11-23-24(18-21)35-19-34-23/h1,6-11,18,25H,3-5,12-17,19H2,(H,28,30). The maximum atomic E-state index is 14.0. The van der Waals surface area contributed by atoms with Crippen LogP contribution in [-0.2, 0) is 24.2 Å². The number of hydrogen-bond acceptors (Lipinski definition) is 9. The Morgan fingerprint density at radius 1 is 1.08 bits per heavy atom. The number of hydrogen-bond donors (Lipinski definition) is 1. The number of likely N-dealkylation sites (tertiary alicyclic amines) is 1. The van der Waals surface area contributed by atoms with E-state index < -0.39 is 26.8 Å². The maximum Gasteiger partial charge on any atom is 0.265 e. The minimum absolute atomic E-state index is 0.0185. The number of carbonyl (C=O) groups excluding carboxylic acids is 1. The van der Waals surface area contributed by atoms with Gasteiger partial charge >= 0.3 is 0 Å². The Hall–Kier alpha value is -3.30. The highest BCUT2D eigenvalue weighted by Crippen LogP contribution is 2.39. The number of benzene rings is 2. The van der Waals surface area contributed by atoms with Crippen LogP contribution in [0.2, 0.25) is 0 Å². The molecule has 202 valence electrons. The van der Waals surface area contributed by atoms with E-state index in [1.165, 1.54) is 12.1 Å². The van der Waals surface area contributed by atoms with E-state index in [2.05, 4.69) is 11.4 Å². The molecule has 38 heavy (non-hydrogen) atoms. The number of nitrogens with zero attached hydrogens (tertiary/aromatic N) is 1. The fourth-order valence-corrected chi connectivity index (χ4v) is 6.78. The SMILES string of the molecule is C#CCN1CCC(C(=O)NOC2CCCCO2)(S(=O)(=O)c2ccc(Oc3ccc4c(c3)OCO4)cc2)CC1. The Morgan fingerprint density at radius 3 is 2.53 bits per heavy atom. The lowest BCUT2D eigenvalue weighted by molar-refractivity contribution is -0.202. The highest BCUT2D eigenvalue weighted by atomic mass is 32.2. The number of carbonyl (C=O) groups is 1. The van der Waals surface area contributed by atoms with Gasteiger partial charge in [-0.05, 0) is 62.1 Å². The lowest BCUT2D eigenvalue weighted by atomic mass is 9.95. The van der Waals surface area contributed by atoms with Crippen molar-refractivity contribution < 1.29 is 37.0 Å².